The number of hydrogen-bond acceptors (Lipinski definition) is 5. The van der Waals surface area contributed by atoms with Gasteiger partial charge in [0.2, 0.25) is 0 Å². The van der Waals surface area contributed by atoms with E-state index in [0.717, 1.165) is 5.75 Å². The highest BCUT2D eigenvalue weighted by Crippen LogP contribution is 2.17. The standard InChI is InChI=1S/C16H17NO4/c1-2-19-14-5-7-15(8-6-14)20-10-11-21-16(18)13-4-3-9-17-12-13/h3-9,12H,2,10-11H2,1H3. The minimum Gasteiger partial charge on any atom is -0.494 e. The molecule has 0 atom stereocenters. The molecule has 0 aliphatic heterocycles. The van der Waals surface area contributed by atoms with Crippen molar-refractivity contribution in [3.05, 3.63) is 54.4 Å². The van der Waals surface area contributed by atoms with Gasteiger partial charge < -0.3 is 14.2 Å². The molecule has 0 radical (unpaired) electrons. The van der Waals surface area contributed by atoms with Crippen LogP contribution in [0.2, 0.25) is 0 Å². The van der Waals surface area contributed by atoms with Crippen molar-refractivity contribution in [2.75, 3.05) is 19.8 Å². The number of hydrogen-bond donors (Lipinski definition) is 0. The number of benzene rings is 1. The molecule has 0 spiro atoms. The van der Waals surface area contributed by atoms with Crippen molar-refractivity contribution in [1.82, 2.24) is 4.98 Å². The molecule has 0 bridgehead atoms. The zero-order valence-electron chi connectivity index (χ0n) is 11.8. The van der Waals surface area contributed by atoms with Crippen LogP contribution >= 0.6 is 0 Å². The fraction of sp³-hybridized carbons (Fsp3) is 0.250. The average Bonchev–Trinajstić information content (AvgIpc) is 2.54. The van der Waals surface area contributed by atoms with Gasteiger partial charge in [0.05, 0.1) is 12.2 Å². The fourth-order valence-electron chi connectivity index (χ4n) is 1.66. The van der Waals surface area contributed by atoms with E-state index >= 15 is 0 Å². The van der Waals surface area contributed by atoms with Gasteiger partial charge in [0.25, 0.3) is 0 Å². The summed E-state index contributed by atoms with van der Waals surface area (Å²) < 4.78 is 15.9. The lowest BCUT2D eigenvalue weighted by molar-refractivity contribution is 0.0450. The molecule has 0 aliphatic carbocycles. The first-order valence-corrected chi connectivity index (χ1v) is 6.72. The molecule has 110 valence electrons. The highest BCUT2D eigenvalue weighted by Gasteiger charge is 2.06. The summed E-state index contributed by atoms with van der Waals surface area (Å²) in [7, 11) is 0. The molecule has 2 rings (SSSR count). The Bertz CT molecular complexity index is 554. The van der Waals surface area contributed by atoms with E-state index in [2.05, 4.69) is 4.98 Å². The van der Waals surface area contributed by atoms with Crippen LogP contribution in [0.5, 0.6) is 11.5 Å². The third-order valence-corrected chi connectivity index (χ3v) is 2.62. The summed E-state index contributed by atoms with van der Waals surface area (Å²) >= 11 is 0. The normalized spacial score (nSPS) is 9.95. The number of esters is 1. The van der Waals surface area contributed by atoms with E-state index in [1.807, 2.05) is 31.2 Å². The van der Waals surface area contributed by atoms with Gasteiger partial charge in [-0.2, -0.15) is 0 Å². The molecule has 0 unspecified atom stereocenters. The fourth-order valence-corrected chi connectivity index (χ4v) is 1.66. The maximum absolute atomic E-state index is 11.6. The van der Waals surface area contributed by atoms with Crippen LogP contribution in [0.1, 0.15) is 17.3 Å². The minimum atomic E-state index is -0.404. The summed E-state index contributed by atoms with van der Waals surface area (Å²) in [5.74, 6) is 1.10. The zero-order valence-corrected chi connectivity index (χ0v) is 11.8. The minimum absolute atomic E-state index is 0.181. The first-order chi connectivity index (χ1) is 10.3. The van der Waals surface area contributed by atoms with Gasteiger partial charge in [0.15, 0.2) is 0 Å². The second kappa shape index (κ2) is 7.89. The Hall–Kier alpha value is -2.56. The van der Waals surface area contributed by atoms with Gasteiger partial charge in [-0.05, 0) is 43.3 Å². The number of carbonyl (C=O) groups excluding carboxylic acids is 1. The van der Waals surface area contributed by atoms with E-state index in [4.69, 9.17) is 14.2 Å². The van der Waals surface area contributed by atoms with Crippen molar-refractivity contribution < 1.29 is 19.0 Å². The SMILES string of the molecule is CCOc1ccc(OCCOC(=O)c2cccnc2)cc1. The maximum atomic E-state index is 11.6. The third-order valence-electron chi connectivity index (χ3n) is 2.62. The molecule has 0 saturated heterocycles. The van der Waals surface area contributed by atoms with E-state index < -0.39 is 5.97 Å². The predicted octanol–water partition coefficient (Wildman–Crippen LogP) is 2.72. The summed E-state index contributed by atoms with van der Waals surface area (Å²) in [6.45, 7) is 3.03. The van der Waals surface area contributed by atoms with Crippen molar-refractivity contribution in [2.24, 2.45) is 0 Å². The highest BCUT2D eigenvalue weighted by molar-refractivity contribution is 5.88. The molecule has 21 heavy (non-hydrogen) atoms. The maximum Gasteiger partial charge on any atom is 0.339 e. The van der Waals surface area contributed by atoms with Gasteiger partial charge >= 0.3 is 5.97 Å². The van der Waals surface area contributed by atoms with Crippen LogP contribution in [0.3, 0.4) is 0 Å². The lowest BCUT2D eigenvalue weighted by Gasteiger charge is -2.08. The molecule has 5 heteroatoms. The summed E-state index contributed by atoms with van der Waals surface area (Å²) in [6.07, 6.45) is 3.07. The molecule has 0 N–H and O–H groups in total. The number of pyridine rings is 1. The van der Waals surface area contributed by atoms with Crippen LogP contribution in [0.4, 0.5) is 0 Å². The second-order valence-corrected chi connectivity index (χ2v) is 4.13. The summed E-state index contributed by atoms with van der Waals surface area (Å²) in [6, 6.07) is 10.6. The van der Waals surface area contributed by atoms with Crippen molar-refractivity contribution in [3.8, 4) is 11.5 Å². The molecule has 1 aromatic carbocycles. The summed E-state index contributed by atoms with van der Waals surface area (Å²) in [4.78, 5) is 15.5. The van der Waals surface area contributed by atoms with Crippen LogP contribution in [0.25, 0.3) is 0 Å². The topological polar surface area (TPSA) is 57.7 Å². The van der Waals surface area contributed by atoms with Gasteiger partial charge in [-0.3, -0.25) is 4.98 Å². The van der Waals surface area contributed by atoms with E-state index in [1.165, 1.54) is 6.20 Å². The number of carbonyl (C=O) groups is 1. The molecule has 0 fully saturated rings. The Morgan fingerprint density at radius 1 is 1.05 bits per heavy atom. The number of nitrogens with zero attached hydrogens (tertiary/aromatic N) is 1. The molecule has 0 saturated carbocycles. The van der Waals surface area contributed by atoms with Crippen LogP contribution < -0.4 is 9.47 Å². The van der Waals surface area contributed by atoms with Crippen LogP contribution in [-0.2, 0) is 4.74 Å². The Kier molecular flexibility index (Phi) is 5.58. The Morgan fingerprint density at radius 2 is 1.76 bits per heavy atom. The van der Waals surface area contributed by atoms with Gasteiger partial charge in [-0.25, -0.2) is 4.79 Å². The number of ether oxygens (including phenoxy) is 3. The highest BCUT2D eigenvalue weighted by atomic mass is 16.6. The van der Waals surface area contributed by atoms with E-state index in [-0.39, 0.29) is 6.61 Å². The van der Waals surface area contributed by atoms with Gasteiger partial charge in [0.1, 0.15) is 24.7 Å². The van der Waals surface area contributed by atoms with Crippen molar-refractivity contribution in [1.29, 1.82) is 0 Å². The smallest absolute Gasteiger partial charge is 0.339 e. The van der Waals surface area contributed by atoms with Gasteiger partial charge in [0, 0.05) is 12.4 Å². The molecule has 1 aromatic heterocycles. The van der Waals surface area contributed by atoms with Crippen LogP contribution in [-0.4, -0.2) is 30.8 Å². The van der Waals surface area contributed by atoms with E-state index in [9.17, 15) is 4.79 Å². The largest absolute Gasteiger partial charge is 0.494 e. The lowest BCUT2D eigenvalue weighted by Crippen LogP contribution is -2.12. The first kappa shape index (κ1) is 14.8. The van der Waals surface area contributed by atoms with Crippen LogP contribution in [0.15, 0.2) is 48.8 Å². The number of rotatable bonds is 7. The third kappa shape index (κ3) is 4.80. The van der Waals surface area contributed by atoms with E-state index in [1.54, 1.807) is 18.3 Å². The van der Waals surface area contributed by atoms with Crippen molar-refractivity contribution in [3.63, 3.8) is 0 Å². The Balaban J connectivity index is 1.71. The second-order valence-electron chi connectivity index (χ2n) is 4.13. The monoisotopic (exact) mass is 287 g/mol. The molecule has 5 nitrogen and oxygen atoms in total. The average molecular weight is 287 g/mol. The first-order valence-electron chi connectivity index (χ1n) is 6.72. The van der Waals surface area contributed by atoms with Crippen molar-refractivity contribution >= 4 is 5.97 Å². The van der Waals surface area contributed by atoms with Crippen molar-refractivity contribution in [2.45, 2.75) is 6.92 Å². The zero-order chi connectivity index (χ0) is 14.9. The van der Waals surface area contributed by atoms with E-state index in [0.29, 0.717) is 24.5 Å². The van der Waals surface area contributed by atoms with Crippen LogP contribution in [0, 0.1) is 0 Å². The molecule has 1 heterocycles. The Labute approximate surface area is 123 Å². The predicted molar refractivity (Wildman–Crippen MR) is 77.6 cm³/mol. The Morgan fingerprint density at radius 3 is 2.38 bits per heavy atom. The van der Waals surface area contributed by atoms with Gasteiger partial charge in [-0.1, -0.05) is 0 Å². The number of aromatic nitrogens is 1. The lowest BCUT2D eigenvalue weighted by atomic mass is 10.3. The summed E-state index contributed by atoms with van der Waals surface area (Å²) in [5.41, 5.74) is 0.429. The molecule has 2 aromatic rings. The van der Waals surface area contributed by atoms with Gasteiger partial charge in [-0.15, -0.1) is 0 Å². The molecular formula is C16H17NO4. The summed E-state index contributed by atoms with van der Waals surface area (Å²) in [5, 5.41) is 0. The molecular weight excluding hydrogens is 270 g/mol. The molecule has 0 aliphatic rings. The quantitative estimate of drug-likeness (QED) is 0.579. The molecule has 0 amide bonds.